The molecule has 154 valence electrons. The maximum Gasteiger partial charge on any atom is 0.270 e. The molecule has 0 saturated heterocycles. The minimum atomic E-state index is -0.667. The molecular weight excluding hydrogens is 379 g/mol. The first-order valence-corrected chi connectivity index (χ1v) is 9.57. The van der Waals surface area contributed by atoms with Crippen LogP contribution in [0.2, 0.25) is 0 Å². The Morgan fingerprint density at radius 2 is 2.21 bits per heavy atom. The number of nitrogens with one attached hydrogen (secondary N) is 1. The maximum absolute atomic E-state index is 14.9. The summed E-state index contributed by atoms with van der Waals surface area (Å²) in [6.07, 6.45) is 2.42. The van der Waals surface area contributed by atoms with Crippen LogP contribution in [0.5, 0.6) is 11.6 Å². The van der Waals surface area contributed by atoms with Crippen molar-refractivity contribution in [3.63, 3.8) is 0 Å². The zero-order chi connectivity index (χ0) is 20.5. The first-order chi connectivity index (χ1) is 13.9. The molecule has 8 nitrogen and oxygen atoms in total. The van der Waals surface area contributed by atoms with Crippen molar-refractivity contribution in [1.82, 2.24) is 20.1 Å². The highest BCUT2D eigenvalue weighted by atomic mass is 19.1. The van der Waals surface area contributed by atoms with Crippen LogP contribution in [0.4, 0.5) is 4.39 Å². The third kappa shape index (κ3) is 4.33. The highest BCUT2D eigenvalue weighted by Crippen LogP contribution is 2.33. The van der Waals surface area contributed by atoms with Gasteiger partial charge in [-0.15, -0.1) is 5.10 Å². The number of benzene rings is 1. The fourth-order valence-corrected chi connectivity index (χ4v) is 2.99. The minimum absolute atomic E-state index is 0.0855. The molecule has 1 saturated carbocycles. The Balaban J connectivity index is 1.53. The molecule has 3 aromatic rings. The number of rotatable bonds is 8. The lowest BCUT2D eigenvalue weighted by atomic mass is 10.3. The zero-order valence-corrected chi connectivity index (χ0v) is 16.6. The lowest BCUT2D eigenvalue weighted by Gasteiger charge is -2.11. The van der Waals surface area contributed by atoms with Crippen molar-refractivity contribution in [3.05, 3.63) is 24.0 Å². The molecule has 2 aromatic heterocycles. The zero-order valence-electron chi connectivity index (χ0n) is 16.6. The standard InChI is InChI=1S/C20H23FN4O4/c1-11(22-12(2)26)9-28-19-17(21)18(25(3)24-19)20-23-15-7-6-14(8-16(15)29-20)27-10-13-4-5-13/h6-8,11,13H,4-5,9-10H2,1-3H3,(H,22,26)/t11-/m0/s1. The molecule has 0 aliphatic heterocycles. The second-order valence-electron chi connectivity index (χ2n) is 7.41. The number of oxazole rings is 1. The van der Waals surface area contributed by atoms with E-state index in [1.54, 1.807) is 26.1 Å². The summed E-state index contributed by atoms with van der Waals surface area (Å²) in [5, 5.41) is 6.73. The second-order valence-corrected chi connectivity index (χ2v) is 7.41. The molecule has 9 heteroatoms. The second kappa shape index (κ2) is 7.73. The third-order valence-electron chi connectivity index (χ3n) is 4.62. The van der Waals surface area contributed by atoms with Crippen molar-refractivity contribution < 1.29 is 23.1 Å². The third-order valence-corrected chi connectivity index (χ3v) is 4.62. The van der Waals surface area contributed by atoms with Crippen LogP contribution in [0.1, 0.15) is 26.7 Å². The predicted molar refractivity (Wildman–Crippen MR) is 103 cm³/mol. The molecule has 0 spiro atoms. The lowest BCUT2D eigenvalue weighted by molar-refractivity contribution is -0.119. The van der Waals surface area contributed by atoms with Gasteiger partial charge < -0.3 is 19.2 Å². The van der Waals surface area contributed by atoms with Crippen LogP contribution < -0.4 is 14.8 Å². The molecule has 1 atom stereocenters. The van der Waals surface area contributed by atoms with Crippen LogP contribution >= 0.6 is 0 Å². The van der Waals surface area contributed by atoms with Gasteiger partial charge in [0.2, 0.25) is 17.6 Å². The smallest absolute Gasteiger partial charge is 0.270 e. The first kappa shape index (κ1) is 19.2. The number of carbonyl (C=O) groups is 1. The van der Waals surface area contributed by atoms with Crippen molar-refractivity contribution in [3.8, 4) is 23.2 Å². The van der Waals surface area contributed by atoms with Crippen LogP contribution in [0.15, 0.2) is 22.6 Å². The van der Waals surface area contributed by atoms with Crippen molar-refractivity contribution in [2.75, 3.05) is 13.2 Å². The van der Waals surface area contributed by atoms with E-state index in [1.807, 2.05) is 6.07 Å². The summed E-state index contributed by atoms with van der Waals surface area (Å²) in [6, 6.07) is 5.09. The topological polar surface area (TPSA) is 91.4 Å². The quantitative estimate of drug-likeness (QED) is 0.623. The Bertz CT molecular complexity index is 1040. The van der Waals surface area contributed by atoms with Gasteiger partial charge in [0.25, 0.3) is 5.88 Å². The average molecular weight is 402 g/mol. The van der Waals surface area contributed by atoms with Crippen molar-refractivity contribution in [2.24, 2.45) is 13.0 Å². The molecule has 4 rings (SSSR count). The molecule has 1 fully saturated rings. The Morgan fingerprint density at radius 3 is 2.93 bits per heavy atom. The van der Waals surface area contributed by atoms with E-state index >= 15 is 0 Å². The summed E-state index contributed by atoms with van der Waals surface area (Å²) in [7, 11) is 1.58. The van der Waals surface area contributed by atoms with E-state index in [0.29, 0.717) is 29.4 Å². The van der Waals surface area contributed by atoms with E-state index in [1.165, 1.54) is 24.4 Å². The predicted octanol–water partition coefficient (Wildman–Crippen LogP) is 3.06. The average Bonchev–Trinajstić information content (AvgIpc) is 3.33. The number of nitrogens with zero attached hydrogens (tertiary/aromatic N) is 3. The number of halogens is 1. The van der Waals surface area contributed by atoms with Crippen molar-refractivity contribution >= 4 is 17.0 Å². The van der Waals surface area contributed by atoms with Gasteiger partial charge in [0.05, 0.1) is 12.6 Å². The SMILES string of the molecule is CC(=O)N[C@@H](C)COc1nn(C)c(-c2nc3ccc(OCC4CC4)cc3o2)c1F. The number of amides is 1. The Labute approximate surface area is 167 Å². The van der Waals surface area contributed by atoms with E-state index in [9.17, 15) is 9.18 Å². The first-order valence-electron chi connectivity index (χ1n) is 9.57. The van der Waals surface area contributed by atoms with Crippen molar-refractivity contribution in [2.45, 2.75) is 32.7 Å². The number of carbonyl (C=O) groups excluding carboxylic acids is 1. The fraction of sp³-hybridized carbons (Fsp3) is 0.450. The van der Waals surface area contributed by atoms with Crippen LogP contribution in [0.3, 0.4) is 0 Å². The summed E-state index contributed by atoms with van der Waals surface area (Å²) in [6.45, 7) is 3.95. The maximum atomic E-state index is 14.9. The fourth-order valence-electron chi connectivity index (χ4n) is 2.99. The number of aryl methyl sites for hydroxylation is 1. The Hall–Kier alpha value is -3.10. The molecule has 2 heterocycles. The Kier molecular flexibility index (Phi) is 5.12. The van der Waals surface area contributed by atoms with E-state index < -0.39 is 5.82 Å². The highest BCUT2D eigenvalue weighted by Gasteiger charge is 2.25. The molecule has 0 bridgehead atoms. The van der Waals surface area contributed by atoms with Gasteiger partial charge in [-0.05, 0) is 37.8 Å². The van der Waals surface area contributed by atoms with Gasteiger partial charge in [0.15, 0.2) is 11.3 Å². The molecule has 29 heavy (non-hydrogen) atoms. The van der Waals surface area contributed by atoms with Crippen LogP contribution in [-0.4, -0.2) is 39.9 Å². The summed E-state index contributed by atoms with van der Waals surface area (Å²) in [5.41, 5.74) is 1.19. The van der Waals surface area contributed by atoms with E-state index in [0.717, 1.165) is 0 Å². The number of ether oxygens (including phenoxy) is 2. The van der Waals surface area contributed by atoms with Gasteiger partial charge in [0.1, 0.15) is 17.9 Å². The van der Waals surface area contributed by atoms with Gasteiger partial charge in [-0.2, -0.15) is 4.39 Å². The van der Waals surface area contributed by atoms with E-state index in [-0.39, 0.29) is 36.0 Å². The monoisotopic (exact) mass is 402 g/mol. The minimum Gasteiger partial charge on any atom is -0.493 e. The summed E-state index contributed by atoms with van der Waals surface area (Å²) < 4.78 is 33.2. The lowest BCUT2D eigenvalue weighted by Crippen LogP contribution is -2.35. The van der Waals surface area contributed by atoms with Crippen molar-refractivity contribution in [1.29, 1.82) is 0 Å². The molecule has 0 unspecified atom stereocenters. The molecular formula is C20H23FN4O4. The van der Waals surface area contributed by atoms with Crippen LogP contribution in [0, 0.1) is 11.7 Å². The number of hydrogen-bond acceptors (Lipinski definition) is 6. The molecule has 1 aliphatic carbocycles. The van der Waals surface area contributed by atoms with E-state index in [2.05, 4.69) is 15.4 Å². The van der Waals surface area contributed by atoms with E-state index in [4.69, 9.17) is 13.9 Å². The number of aromatic nitrogens is 3. The molecule has 0 radical (unpaired) electrons. The number of fused-ring (bicyclic) bond motifs is 1. The summed E-state index contributed by atoms with van der Waals surface area (Å²) >= 11 is 0. The van der Waals surface area contributed by atoms with Gasteiger partial charge in [-0.1, -0.05) is 0 Å². The van der Waals surface area contributed by atoms with Crippen LogP contribution in [-0.2, 0) is 11.8 Å². The highest BCUT2D eigenvalue weighted by molar-refractivity contribution is 5.77. The van der Waals surface area contributed by atoms with Gasteiger partial charge in [-0.3, -0.25) is 9.48 Å². The summed E-state index contributed by atoms with van der Waals surface area (Å²) in [5.74, 6) is 0.432. The largest absolute Gasteiger partial charge is 0.493 e. The van der Waals surface area contributed by atoms with Gasteiger partial charge >= 0.3 is 0 Å². The molecule has 1 aliphatic rings. The number of hydrogen-bond donors (Lipinski definition) is 1. The molecule has 1 amide bonds. The Morgan fingerprint density at radius 1 is 1.41 bits per heavy atom. The molecule has 1 N–H and O–H groups in total. The normalized spacial score (nSPS) is 14.8. The summed E-state index contributed by atoms with van der Waals surface area (Å²) in [4.78, 5) is 15.4. The van der Waals surface area contributed by atoms with Crippen LogP contribution in [0.25, 0.3) is 22.7 Å². The van der Waals surface area contributed by atoms with Gasteiger partial charge in [0, 0.05) is 20.0 Å². The molecule has 1 aromatic carbocycles. The van der Waals surface area contributed by atoms with Gasteiger partial charge in [-0.25, -0.2) is 4.98 Å².